The van der Waals surface area contributed by atoms with Gasteiger partial charge in [-0.15, -0.1) is 0 Å². The Balaban J connectivity index is 1.96. The first-order chi connectivity index (χ1) is 7.48. The quantitative estimate of drug-likeness (QED) is 0.647. The molecule has 2 atom stereocenters. The van der Waals surface area contributed by atoms with Gasteiger partial charge in [0.25, 0.3) is 5.92 Å². The third kappa shape index (κ3) is 1.13. The van der Waals surface area contributed by atoms with Crippen LogP contribution in [-0.4, -0.2) is 19.0 Å². The minimum Gasteiger partial charge on any atom is -0.469 e. The van der Waals surface area contributed by atoms with Crippen LogP contribution in [0.4, 0.5) is 8.78 Å². The van der Waals surface area contributed by atoms with Gasteiger partial charge in [0, 0.05) is 11.8 Å². The fraction of sp³-hybridized carbons (Fsp3) is 0.917. The lowest BCUT2D eigenvalue weighted by molar-refractivity contribution is -0.231. The van der Waals surface area contributed by atoms with Crippen molar-refractivity contribution in [3.63, 3.8) is 0 Å². The van der Waals surface area contributed by atoms with Crippen LogP contribution in [0.3, 0.4) is 0 Å². The molecule has 4 rings (SSSR count). The van der Waals surface area contributed by atoms with Gasteiger partial charge in [0.2, 0.25) is 0 Å². The summed E-state index contributed by atoms with van der Waals surface area (Å²) in [5.74, 6) is -3.66. The van der Waals surface area contributed by atoms with Gasteiger partial charge in [-0.3, -0.25) is 4.79 Å². The van der Waals surface area contributed by atoms with Gasteiger partial charge in [0.1, 0.15) is 0 Å². The van der Waals surface area contributed by atoms with Gasteiger partial charge in [0.05, 0.1) is 12.5 Å². The van der Waals surface area contributed by atoms with Gasteiger partial charge in [-0.2, -0.15) is 0 Å². The number of carbonyl (C=O) groups excluding carboxylic acids is 1. The summed E-state index contributed by atoms with van der Waals surface area (Å²) in [5, 5.41) is 0. The zero-order valence-electron chi connectivity index (χ0n) is 9.34. The molecule has 0 aliphatic heterocycles. The molecule has 4 bridgehead atoms. The summed E-state index contributed by atoms with van der Waals surface area (Å²) in [7, 11) is 1.36. The monoisotopic (exact) mass is 230 g/mol. The number of carbonyl (C=O) groups is 1. The maximum Gasteiger partial charge on any atom is 0.311 e. The molecule has 4 aliphatic carbocycles. The number of hydrogen-bond acceptors (Lipinski definition) is 2. The highest BCUT2D eigenvalue weighted by molar-refractivity contribution is 5.77. The standard InChI is InChI=1S/C12H16F2O2/c1-16-10(15)11-4-7-2-8(5-11)12(13,14)9(3-7)6-11/h7-9H,2-6H2,1H3/t7?,8-,9-,11?/m1/s1. The number of hydrogen-bond donors (Lipinski definition) is 0. The molecule has 0 aromatic carbocycles. The number of methoxy groups -OCH3 is 1. The van der Waals surface area contributed by atoms with E-state index in [9.17, 15) is 13.6 Å². The zero-order chi connectivity index (χ0) is 11.6. The summed E-state index contributed by atoms with van der Waals surface area (Å²) in [6, 6.07) is 0. The van der Waals surface area contributed by atoms with E-state index in [0.29, 0.717) is 31.6 Å². The van der Waals surface area contributed by atoms with Crippen LogP contribution in [0.15, 0.2) is 0 Å². The lowest BCUT2D eigenvalue weighted by Crippen LogP contribution is -2.59. The fourth-order valence-corrected chi connectivity index (χ4v) is 4.37. The Morgan fingerprint density at radius 3 is 2.25 bits per heavy atom. The molecular formula is C12H16F2O2. The topological polar surface area (TPSA) is 26.3 Å². The minimum absolute atomic E-state index is 0.262. The molecule has 0 N–H and O–H groups in total. The van der Waals surface area contributed by atoms with Crippen molar-refractivity contribution in [1.82, 2.24) is 0 Å². The summed E-state index contributed by atoms with van der Waals surface area (Å²) >= 11 is 0. The van der Waals surface area contributed by atoms with Crippen molar-refractivity contribution in [2.45, 2.75) is 38.0 Å². The summed E-state index contributed by atoms with van der Waals surface area (Å²) in [4.78, 5) is 11.8. The van der Waals surface area contributed by atoms with E-state index in [1.165, 1.54) is 7.11 Å². The molecule has 2 nitrogen and oxygen atoms in total. The molecule has 90 valence electrons. The van der Waals surface area contributed by atoms with Gasteiger partial charge >= 0.3 is 5.97 Å². The SMILES string of the molecule is COC(=O)C12CC3C[C@H](C1)C(F)(F)[C@H](C3)C2. The molecular weight excluding hydrogens is 214 g/mol. The van der Waals surface area contributed by atoms with E-state index >= 15 is 0 Å². The Hall–Kier alpha value is -0.670. The molecule has 0 aromatic rings. The van der Waals surface area contributed by atoms with E-state index in [2.05, 4.69) is 0 Å². The smallest absolute Gasteiger partial charge is 0.311 e. The van der Waals surface area contributed by atoms with Crippen molar-refractivity contribution in [3.05, 3.63) is 0 Å². The summed E-state index contributed by atoms with van der Waals surface area (Å²) in [6.07, 6.45) is 2.63. The highest BCUT2D eigenvalue weighted by Gasteiger charge is 2.66. The first-order valence-electron chi connectivity index (χ1n) is 5.94. The van der Waals surface area contributed by atoms with Crippen molar-refractivity contribution in [2.24, 2.45) is 23.2 Å². The number of ether oxygens (including phenoxy) is 1. The summed E-state index contributed by atoms with van der Waals surface area (Å²) in [6.45, 7) is 0. The van der Waals surface area contributed by atoms with Crippen molar-refractivity contribution >= 4 is 5.97 Å². The Morgan fingerprint density at radius 2 is 1.75 bits per heavy atom. The fourth-order valence-electron chi connectivity index (χ4n) is 4.37. The summed E-state index contributed by atoms with van der Waals surface area (Å²) < 4.78 is 32.6. The van der Waals surface area contributed by atoms with Gasteiger partial charge in [-0.25, -0.2) is 8.78 Å². The number of halogens is 2. The maximum absolute atomic E-state index is 13.9. The maximum atomic E-state index is 13.9. The molecule has 4 aliphatic rings. The lowest BCUT2D eigenvalue weighted by atomic mass is 9.48. The molecule has 4 saturated carbocycles. The highest BCUT2D eigenvalue weighted by Crippen LogP contribution is 2.65. The van der Waals surface area contributed by atoms with E-state index in [4.69, 9.17) is 4.74 Å². The Labute approximate surface area is 93.3 Å². The van der Waals surface area contributed by atoms with Gasteiger partial charge in [0.15, 0.2) is 0 Å². The average Bonchev–Trinajstić information content (AvgIpc) is 2.24. The zero-order valence-corrected chi connectivity index (χ0v) is 9.34. The predicted octanol–water partition coefficient (Wildman–Crippen LogP) is 2.62. The van der Waals surface area contributed by atoms with E-state index in [1.807, 2.05) is 0 Å². The highest BCUT2D eigenvalue weighted by atomic mass is 19.3. The van der Waals surface area contributed by atoms with Crippen LogP contribution in [0.25, 0.3) is 0 Å². The predicted molar refractivity (Wildman–Crippen MR) is 53.0 cm³/mol. The van der Waals surface area contributed by atoms with Crippen LogP contribution >= 0.6 is 0 Å². The average molecular weight is 230 g/mol. The van der Waals surface area contributed by atoms with Crippen LogP contribution in [0.2, 0.25) is 0 Å². The second-order valence-corrected chi connectivity index (χ2v) is 5.79. The number of alkyl halides is 2. The lowest BCUT2D eigenvalue weighted by Gasteiger charge is -2.58. The largest absolute Gasteiger partial charge is 0.469 e. The molecule has 0 heterocycles. The first-order valence-corrected chi connectivity index (χ1v) is 5.94. The Morgan fingerprint density at radius 1 is 1.19 bits per heavy atom. The molecule has 0 amide bonds. The van der Waals surface area contributed by atoms with Crippen LogP contribution < -0.4 is 0 Å². The molecule has 0 spiro atoms. The van der Waals surface area contributed by atoms with Crippen LogP contribution in [0, 0.1) is 23.2 Å². The van der Waals surface area contributed by atoms with Gasteiger partial charge < -0.3 is 4.74 Å². The second kappa shape index (κ2) is 2.96. The van der Waals surface area contributed by atoms with Crippen molar-refractivity contribution < 1.29 is 18.3 Å². The van der Waals surface area contributed by atoms with E-state index in [-0.39, 0.29) is 5.97 Å². The molecule has 4 heteroatoms. The van der Waals surface area contributed by atoms with Crippen molar-refractivity contribution in [3.8, 4) is 0 Å². The van der Waals surface area contributed by atoms with Crippen molar-refractivity contribution in [2.75, 3.05) is 7.11 Å². The van der Waals surface area contributed by atoms with Crippen molar-refractivity contribution in [1.29, 1.82) is 0 Å². The van der Waals surface area contributed by atoms with E-state index in [0.717, 1.165) is 6.42 Å². The minimum atomic E-state index is -2.55. The number of esters is 1. The molecule has 4 fully saturated rings. The van der Waals surface area contributed by atoms with Gasteiger partial charge in [-0.1, -0.05) is 0 Å². The van der Waals surface area contributed by atoms with E-state index in [1.54, 1.807) is 0 Å². The molecule has 0 radical (unpaired) electrons. The molecule has 16 heavy (non-hydrogen) atoms. The molecule has 0 saturated heterocycles. The Kier molecular flexibility index (Phi) is 1.94. The third-order valence-electron chi connectivity index (χ3n) is 4.90. The Bertz CT molecular complexity index is 322. The molecule has 0 unspecified atom stereocenters. The summed E-state index contributed by atoms with van der Waals surface area (Å²) in [5.41, 5.74) is -0.576. The van der Waals surface area contributed by atoms with Crippen LogP contribution in [-0.2, 0) is 9.53 Å². The van der Waals surface area contributed by atoms with E-state index < -0.39 is 23.2 Å². The third-order valence-corrected chi connectivity index (χ3v) is 4.90. The van der Waals surface area contributed by atoms with Crippen LogP contribution in [0.5, 0.6) is 0 Å². The second-order valence-electron chi connectivity index (χ2n) is 5.79. The first kappa shape index (κ1) is 10.5. The number of rotatable bonds is 1. The van der Waals surface area contributed by atoms with Crippen LogP contribution in [0.1, 0.15) is 32.1 Å². The van der Waals surface area contributed by atoms with Gasteiger partial charge in [-0.05, 0) is 38.0 Å². The molecule has 0 aromatic heterocycles. The normalized spacial score (nSPS) is 48.1.